The quantitative estimate of drug-likeness (QED) is 0.194. The van der Waals surface area contributed by atoms with Gasteiger partial charge in [0.2, 0.25) is 0 Å². The Kier molecular flexibility index (Phi) is 5.68. The highest BCUT2D eigenvalue weighted by atomic mass is 32.1. The Morgan fingerprint density at radius 1 is 1.35 bits per heavy atom. The maximum Gasteiger partial charge on any atom is 0.305 e. The zero-order chi connectivity index (χ0) is 18.5. The van der Waals surface area contributed by atoms with Crippen LogP contribution in [-0.4, -0.2) is 29.9 Å². The molecule has 2 heterocycles. The zero-order valence-electron chi connectivity index (χ0n) is 14.5. The number of hydrogen-bond donors (Lipinski definition) is 3. The third-order valence-corrected chi connectivity index (χ3v) is 4.31. The van der Waals surface area contributed by atoms with E-state index in [0.29, 0.717) is 48.0 Å². The molecule has 136 valence electrons. The van der Waals surface area contributed by atoms with Crippen LogP contribution in [0.4, 0.5) is 0 Å². The molecule has 0 radical (unpaired) electrons. The summed E-state index contributed by atoms with van der Waals surface area (Å²) in [6, 6.07) is 11.8. The molecule has 6 nitrogen and oxygen atoms in total. The minimum atomic E-state index is -0.220. The maximum atomic E-state index is 11.3. The van der Waals surface area contributed by atoms with Gasteiger partial charge >= 0.3 is 5.97 Å². The van der Waals surface area contributed by atoms with Gasteiger partial charge in [-0.05, 0) is 13.3 Å². The number of thiol groups is 1. The van der Waals surface area contributed by atoms with Crippen LogP contribution in [0.1, 0.15) is 25.5 Å². The molecule has 3 N–H and O–H groups in total. The van der Waals surface area contributed by atoms with E-state index in [2.05, 4.69) is 22.6 Å². The monoisotopic (exact) mass is 371 g/mol. The molecule has 0 aliphatic rings. The van der Waals surface area contributed by atoms with Crippen LogP contribution in [0.15, 0.2) is 50.7 Å². The van der Waals surface area contributed by atoms with Crippen LogP contribution < -0.4 is 5.73 Å². The first kappa shape index (κ1) is 18.1. The molecule has 0 aliphatic heterocycles. The SMILES string of the molecule is CCOC(=O)CCC/N=C(\N)c1[nH]c2cc(-c3ccccc3)oc2c1S. The third kappa shape index (κ3) is 3.94. The second kappa shape index (κ2) is 8.14. The van der Waals surface area contributed by atoms with Crippen molar-refractivity contribution < 1.29 is 13.9 Å². The largest absolute Gasteiger partial charge is 0.466 e. The average molecular weight is 371 g/mol. The van der Waals surface area contributed by atoms with Gasteiger partial charge in [0.15, 0.2) is 5.58 Å². The molecule has 0 atom stereocenters. The lowest BCUT2D eigenvalue weighted by Gasteiger charge is -2.02. The van der Waals surface area contributed by atoms with Crippen molar-refractivity contribution in [2.75, 3.05) is 13.2 Å². The van der Waals surface area contributed by atoms with Gasteiger partial charge in [-0.25, -0.2) is 0 Å². The summed E-state index contributed by atoms with van der Waals surface area (Å²) in [4.78, 5) is 19.4. The lowest BCUT2D eigenvalue weighted by molar-refractivity contribution is -0.143. The number of esters is 1. The molecule has 0 spiro atoms. The van der Waals surface area contributed by atoms with E-state index in [-0.39, 0.29) is 5.97 Å². The number of H-pyrrole nitrogens is 1. The number of fused-ring (bicyclic) bond motifs is 1. The number of hydrogen-bond acceptors (Lipinski definition) is 5. The van der Waals surface area contributed by atoms with Crippen molar-refractivity contribution in [1.82, 2.24) is 4.98 Å². The van der Waals surface area contributed by atoms with Gasteiger partial charge in [-0.1, -0.05) is 30.3 Å². The topological polar surface area (TPSA) is 93.6 Å². The summed E-state index contributed by atoms with van der Waals surface area (Å²) in [5.41, 5.74) is 9.13. The van der Waals surface area contributed by atoms with Crippen LogP contribution in [-0.2, 0) is 9.53 Å². The lowest BCUT2D eigenvalue weighted by Crippen LogP contribution is -2.15. The van der Waals surface area contributed by atoms with Gasteiger partial charge in [-0.2, -0.15) is 0 Å². The molecular formula is C19H21N3O3S. The van der Waals surface area contributed by atoms with Gasteiger partial charge in [0.1, 0.15) is 11.6 Å². The number of carbonyl (C=O) groups excluding carboxylic acids is 1. The van der Waals surface area contributed by atoms with Crippen molar-refractivity contribution in [2.45, 2.75) is 24.7 Å². The Balaban J connectivity index is 1.72. The van der Waals surface area contributed by atoms with Gasteiger partial charge in [0.05, 0.1) is 22.7 Å². The number of carbonyl (C=O) groups is 1. The Morgan fingerprint density at radius 3 is 2.81 bits per heavy atom. The van der Waals surface area contributed by atoms with E-state index in [1.807, 2.05) is 36.4 Å². The molecule has 0 aliphatic carbocycles. The van der Waals surface area contributed by atoms with E-state index in [1.54, 1.807) is 6.92 Å². The summed E-state index contributed by atoms with van der Waals surface area (Å²) in [6.07, 6.45) is 0.905. The van der Waals surface area contributed by atoms with Crippen LogP contribution in [0.2, 0.25) is 0 Å². The normalized spacial score (nSPS) is 11.8. The maximum absolute atomic E-state index is 11.3. The van der Waals surface area contributed by atoms with E-state index in [1.165, 1.54) is 0 Å². The van der Waals surface area contributed by atoms with Gasteiger partial charge in [0, 0.05) is 24.6 Å². The Morgan fingerprint density at radius 2 is 2.12 bits per heavy atom. The van der Waals surface area contributed by atoms with Crippen LogP contribution >= 0.6 is 12.6 Å². The molecule has 0 unspecified atom stereocenters. The van der Waals surface area contributed by atoms with Crippen LogP contribution in [0.25, 0.3) is 22.4 Å². The van der Waals surface area contributed by atoms with Gasteiger partial charge in [0.25, 0.3) is 0 Å². The molecule has 0 saturated heterocycles. The van der Waals surface area contributed by atoms with Gasteiger partial charge in [-0.15, -0.1) is 12.6 Å². The number of aliphatic imine (C=N–C) groups is 1. The predicted octanol–water partition coefficient (Wildman–Crippen LogP) is 3.77. The van der Waals surface area contributed by atoms with Crippen molar-refractivity contribution in [2.24, 2.45) is 10.7 Å². The molecule has 0 saturated carbocycles. The van der Waals surface area contributed by atoms with Crippen molar-refractivity contribution in [3.63, 3.8) is 0 Å². The molecular weight excluding hydrogens is 350 g/mol. The second-order valence-corrected chi connectivity index (χ2v) is 6.19. The molecule has 0 bridgehead atoms. The van der Waals surface area contributed by atoms with E-state index in [4.69, 9.17) is 14.9 Å². The number of amidine groups is 1. The van der Waals surface area contributed by atoms with Gasteiger partial charge < -0.3 is 19.9 Å². The standard InChI is InChI=1S/C19H21N3O3S/c1-2-24-15(23)9-6-10-21-19(20)16-18(26)17-13(22-16)11-14(25-17)12-7-4-3-5-8-12/h3-5,7-8,11,22,26H,2,6,9-10H2,1H3,(H2,20,21). The first-order valence-electron chi connectivity index (χ1n) is 8.46. The fourth-order valence-corrected chi connectivity index (χ4v) is 2.97. The Labute approximate surface area is 156 Å². The van der Waals surface area contributed by atoms with Crippen molar-refractivity contribution in [3.8, 4) is 11.3 Å². The second-order valence-electron chi connectivity index (χ2n) is 5.74. The predicted molar refractivity (Wildman–Crippen MR) is 105 cm³/mol. The zero-order valence-corrected chi connectivity index (χ0v) is 15.4. The first-order valence-corrected chi connectivity index (χ1v) is 8.90. The van der Waals surface area contributed by atoms with Crippen LogP contribution in [0.5, 0.6) is 0 Å². The minimum absolute atomic E-state index is 0.220. The summed E-state index contributed by atoms with van der Waals surface area (Å²) in [6.45, 7) is 2.61. The summed E-state index contributed by atoms with van der Waals surface area (Å²) in [5, 5.41) is 0. The smallest absolute Gasteiger partial charge is 0.305 e. The number of nitrogens with one attached hydrogen (secondary N) is 1. The summed E-state index contributed by atoms with van der Waals surface area (Å²) in [7, 11) is 0. The van der Waals surface area contributed by atoms with E-state index in [0.717, 1.165) is 16.8 Å². The number of aromatic amines is 1. The number of benzene rings is 1. The fraction of sp³-hybridized carbons (Fsp3) is 0.263. The van der Waals surface area contributed by atoms with E-state index < -0.39 is 0 Å². The van der Waals surface area contributed by atoms with Crippen LogP contribution in [0, 0.1) is 0 Å². The molecule has 2 aromatic heterocycles. The van der Waals surface area contributed by atoms with Crippen molar-refractivity contribution in [1.29, 1.82) is 0 Å². The number of rotatable bonds is 7. The van der Waals surface area contributed by atoms with Gasteiger partial charge in [-0.3, -0.25) is 9.79 Å². The van der Waals surface area contributed by atoms with Crippen LogP contribution in [0.3, 0.4) is 0 Å². The third-order valence-electron chi connectivity index (χ3n) is 3.88. The number of ether oxygens (including phenoxy) is 1. The van der Waals surface area contributed by atoms with Crippen molar-refractivity contribution in [3.05, 3.63) is 42.1 Å². The highest BCUT2D eigenvalue weighted by Crippen LogP contribution is 2.33. The summed E-state index contributed by atoms with van der Waals surface area (Å²) < 4.78 is 10.8. The number of furan rings is 1. The minimum Gasteiger partial charge on any atom is -0.466 e. The summed E-state index contributed by atoms with van der Waals surface area (Å²) in [5.74, 6) is 0.882. The molecule has 0 amide bonds. The molecule has 26 heavy (non-hydrogen) atoms. The lowest BCUT2D eigenvalue weighted by atomic mass is 10.2. The van der Waals surface area contributed by atoms with Crippen molar-refractivity contribution >= 4 is 35.5 Å². The number of nitrogens with two attached hydrogens (primary N) is 1. The van der Waals surface area contributed by atoms with E-state index in [9.17, 15) is 4.79 Å². The Hall–Kier alpha value is -2.67. The summed E-state index contributed by atoms with van der Waals surface area (Å²) >= 11 is 4.53. The first-order chi connectivity index (χ1) is 12.6. The highest BCUT2D eigenvalue weighted by molar-refractivity contribution is 7.80. The molecule has 3 aromatic rings. The average Bonchev–Trinajstić information content (AvgIpc) is 3.19. The number of aromatic nitrogens is 1. The Bertz CT molecular complexity index is 928. The van der Waals surface area contributed by atoms with E-state index >= 15 is 0 Å². The highest BCUT2D eigenvalue weighted by Gasteiger charge is 2.17. The molecule has 7 heteroatoms. The number of nitrogens with zero attached hydrogens (tertiary/aromatic N) is 1. The molecule has 0 fully saturated rings. The molecule has 1 aromatic carbocycles. The fourth-order valence-electron chi connectivity index (χ4n) is 2.63. The molecule has 3 rings (SSSR count).